The predicted molar refractivity (Wildman–Crippen MR) is 93.1 cm³/mol. The standard InChI is InChI=1S/C21H28O5/c1-11(22)15-9-18(25)21(26)14-5-4-12-8-13(23)6-7-19(12,2)16(14)10-17(24)20(15,21)3/h12,14-16,26H,4-10H2,1-3H3. The third kappa shape index (κ3) is 1.90. The van der Waals surface area contributed by atoms with Gasteiger partial charge in [-0.3, -0.25) is 19.2 Å². The molecule has 0 saturated heterocycles. The van der Waals surface area contributed by atoms with Crippen molar-refractivity contribution in [1.82, 2.24) is 0 Å². The molecule has 5 heteroatoms. The van der Waals surface area contributed by atoms with Gasteiger partial charge in [0.25, 0.3) is 0 Å². The Bertz CT molecular complexity index is 726. The van der Waals surface area contributed by atoms with Gasteiger partial charge in [0.2, 0.25) is 0 Å². The smallest absolute Gasteiger partial charge is 0.166 e. The molecule has 4 rings (SSSR count). The van der Waals surface area contributed by atoms with Gasteiger partial charge in [-0.1, -0.05) is 6.92 Å². The Morgan fingerprint density at radius 2 is 1.69 bits per heavy atom. The van der Waals surface area contributed by atoms with Crippen molar-refractivity contribution in [2.45, 2.75) is 71.3 Å². The van der Waals surface area contributed by atoms with Crippen molar-refractivity contribution in [3.63, 3.8) is 0 Å². The lowest BCUT2D eigenvalue weighted by molar-refractivity contribution is -0.203. The van der Waals surface area contributed by atoms with E-state index in [0.29, 0.717) is 25.7 Å². The Morgan fingerprint density at radius 3 is 2.35 bits per heavy atom. The summed E-state index contributed by atoms with van der Waals surface area (Å²) in [6.07, 6.45) is 3.51. The van der Waals surface area contributed by atoms with Crippen LogP contribution in [0.2, 0.25) is 0 Å². The van der Waals surface area contributed by atoms with Crippen LogP contribution in [0.5, 0.6) is 0 Å². The minimum Gasteiger partial charge on any atom is -0.381 e. The summed E-state index contributed by atoms with van der Waals surface area (Å²) >= 11 is 0. The molecule has 4 saturated carbocycles. The van der Waals surface area contributed by atoms with Crippen molar-refractivity contribution in [2.75, 3.05) is 0 Å². The maximum absolute atomic E-state index is 13.3. The van der Waals surface area contributed by atoms with Crippen molar-refractivity contribution in [1.29, 1.82) is 0 Å². The van der Waals surface area contributed by atoms with Gasteiger partial charge in [0.05, 0.1) is 5.41 Å². The Morgan fingerprint density at radius 1 is 1.00 bits per heavy atom. The van der Waals surface area contributed by atoms with Crippen LogP contribution in [0.1, 0.15) is 65.7 Å². The van der Waals surface area contributed by atoms with Crippen LogP contribution in [0.25, 0.3) is 0 Å². The van der Waals surface area contributed by atoms with E-state index in [2.05, 4.69) is 6.92 Å². The molecule has 0 aromatic heterocycles. The Balaban J connectivity index is 1.80. The first-order valence-electron chi connectivity index (χ1n) is 9.88. The van der Waals surface area contributed by atoms with E-state index in [1.807, 2.05) is 0 Å². The minimum atomic E-state index is -1.74. The molecule has 7 atom stereocenters. The molecule has 4 aliphatic carbocycles. The molecule has 0 radical (unpaired) electrons. The maximum atomic E-state index is 13.3. The topological polar surface area (TPSA) is 88.5 Å². The van der Waals surface area contributed by atoms with Gasteiger partial charge in [0.15, 0.2) is 5.78 Å². The molecule has 142 valence electrons. The monoisotopic (exact) mass is 360 g/mol. The molecule has 5 nitrogen and oxygen atoms in total. The molecule has 4 fully saturated rings. The molecule has 0 heterocycles. The van der Waals surface area contributed by atoms with E-state index >= 15 is 0 Å². The number of hydrogen-bond donors (Lipinski definition) is 1. The number of fused-ring (bicyclic) bond motifs is 5. The fraction of sp³-hybridized carbons (Fsp3) is 0.810. The highest BCUT2D eigenvalue weighted by molar-refractivity contribution is 6.07. The first-order valence-corrected chi connectivity index (χ1v) is 9.88. The molecule has 4 aliphatic rings. The Kier molecular flexibility index (Phi) is 3.70. The van der Waals surface area contributed by atoms with Gasteiger partial charge in [-0.2, -0.15) is 0 Å². The normalized spacial score (nSPS) is 50.8. The van der Waals surface area contributed by atoms with Crippen LogP contribution in [0.3, 0.4) is 0 Å². The molecular formula is C21H28O5. The minimum absolute atomic E-state index is 0.0318. The average molecular weight is 360 g/mol. The third-order valence-electron chi connectivity index (χ3n) is 8.82. The number of carbonyl (C=O) groups excluding carboxylic acids is 4. The highest BCUT2D eigenvalue weighted by Crippen LogP contribution is 2.66. The van der Waals surface area contributed by atoms with Crippen LogP contribution in [0.15, 0.2) is 0 Å². The largest absolute Gasteiger partial charge is 0.381 e. The zero-order valence-electron chi connectivity index (χ0n) is 15.8. The van der Waals surface area contributed by atoms with Gasteiger partial charge < -0.3 is 5.11 Å². The summed E-state index contributed by atoms with van der Waals surface area (Å²) in [5.74, 6) is -1.26. The molecule has 26 heavy (non-hydrogen) atoms. The van der Waals surface area contributed by atoms with Gasteiger partial charge in [-0.05, 0) is 56.3 Å². The van der Waals surface area contributed by atoms with E-state index in [9.17, 15) is 24.3 Å². The maximum Gasteiger partial charge on any atom is 0.166 e. The molecule has 0 spiro atoms. The molecule has 1 N–H and O–H groups in total. The third-order valence-corrected chi connectivity index (χ3v) is 8.82. The van der Waals surface area contributed by atoms with E-state index in [-0.39, 0.29) is 52.7 Å². The van der Waals surface area contributed by atoms with E-state index in [0.717, 1.165) is 12.8 Å². The van der Waals surface area contributed by atoms with Gasteiger partial charge in [0.1, 0.15) is 23.0 Å². The summed E-state index contributed by atoms with van der Waals surface area (Å²) in [6, 6.07) is 0. The van der Waals surface area contributed by atoms with Gasteiger partial charge >= 0.3 is 0 Å². The number of hydrogen-bond acceptors (Lipinski definition) is 5. The molecule has 0 amide bonds. The van der Waals surface area contributed by atoms with Crippen LogP contribution >= 0.6 is 0 Å². The second-order valence-electron chi connectivity index (χ2n) is 9.62. The fourth-order valence-corrected chi connectivity index (χ4v) is 7.12. The second-order valence-corrected chi connectivity index (χ2v) is 9.62. The first kappa shape index (κ1) is 18.0. The van der Waals surface area contributed by atoms with E-state index in [4.69, 9.17) is 0 Å². The van der Waals surface area contributed by atoms with Crippen LogP contribution in [-0.4, -0.2) is 33.8 Å². The lowest BCUT2D eigenvalue weighted by Gasteiger charge is -2.61. The lowest BCUT2D eigenvalue weighted by Crippen LogP contribution is -2.68. The van der Waals surface area contributed by atoms with E-state index < -0.39 is 16.9 Å². The second kappa shape index (κ2) is 5.34. The Hall–Kier alpha value is -1.36. The number of carbonyl (C=O) groups is 4. The van der Waals surface area contributed by atoms with Crippen molar-refractivity contribution in [3.8, 4) is 0 Å². The number of ketones is 4. The van der Waals surface area contributed by atoms with Crippen molar-refractivity contribution in [3.05, 3.63) is 0 Å². The molecule has 0 aliphatic heterocycles. The zero-order valence-corrected chi connectivity index (χ0v) is 15.8. The van der Waals surface area contributed by atoms with Crippen LogP contribution in [-0.2, 0) is 19.2 Å². The average Bonchev–Trinajstić information content (AvgIpc) is 2.79. The highest BCUT2D eigenvalue weighted by Gasteiger charge is 2.74. The van der Waals surface area contributed by atoms with Gasteiger partial charge in [-0.25, -0.2) is 0 Å². The van der Waals surface area contributed by atoms with Gasteiger partial charge in [0, 0.05) is 31.6 Å². The van der Waals surface area contributed by atoms with Crippen molar-refractivity contribution in [2.24, 2.45) is 34.5 Å². The quantitative estimate of drug-likeness (QED) is 0.775. The van der Waals surface area contributed by atoms with Crippen molar-refractivity contribution >= 4 is 23.1 Å². The van der Waals surface area contributed by atoms with Crippen molar-refractivity contribution < 1.29 is 24.3 Å². The zero-order chi connectivity index (χ0) is 19.1. The molecule has 0 aromatic rings. The highest BCUT2D eigenvalue weighted by atomic mass is 16.3. The summed E-state index contributed by atoms with van der Waals surface area (Å²) in [5, 5.41) is 11.7. The van der Waals surface area contributed by atoms with E-state index in [1.54, 1.807) is 6.92 Å². The SMILES string of the molecule is CC(=O)C1CC(=O)C2(O)C3CCC4CC(=O)CCC4(C)C3CC(=O)C12C. The Labute approximate surface area is 153 Å². The fourth-order valence-electron chi connectivity index (χ4n) is 7.12. The summed E-state index contributed by atoms with van der Waals surface area (Å²) in [5.41, 5.74) is -3.23. The number of aliphatic hydroxyl groups is 1. The molecule has 7 unspecified atom stereocenters. The number of Topliss-reactive ketones (excluding diaryl/α,β-unsaturated/α-hetero) is 4. The van der Waals surface area contributed by atoms with Crippen LogP contribution in [0.4, 0.5) is 0 Å². The van der Waals surface area contributed by atoms with Crippen LogP contribution < -0.4 is 0 Å². The summed E-state index contributed by atoms with van der Waals surface area (Å²) < 4.78 is 0. The molecular weight excluding hydrogens is 332 g/mol. The summed E-state index contributed by atoms with van der Waals surface area (Å²) in [4.78, 5) is 50.3. The van der Waals surface area contributed by atoms with Crippen LogP contribution in [0, 0.1) is 34.5 Å². The first-order chi connectivity index (χ1) is 12.1. The number of rotatable bonds is 1. The predicted octanol–water partition coefficient (Wildman–Crippen LogP) is 2.28. The van der Waals surface area contributed by atoms with Gasteiger partial charge in [-0.15, -0.1) is 0 Å². The summed E-state index contributed by atoms with van der Waals surface area (Å²) in [7, 11) is 0. The molecule has 0 aromatic carbocycles. The van der Waals surface area contributed by atoms with E-state index in [1.165, 1.54) is 6.92 Å². The molecule has 0 bridgehead atoms. The lowest BCUT2D eigenvalue weighted by atomic mass is 9.43. The summed E-state index contributed by atoms with van der Waals surface area (Å²) in [6.45, 7) is 5.20.